The van der Waals surface area contributed by atoms with Crippen LogP contribution in [0.15, 0.2) is 217 Å². The summed E-state index contributed by atoms with van der Waals surface area (Å²) in [5.41, 5.74) is 31.3. The number of ketones is 3. The second-order valence-corrected chi connectivity index (χ2v) is 36.9. The molecule has 3 heterocycles. The van der Waals surface area contributed by atoms with Crippen LogP contribution in [0.2, 0.25) is 0 Å². The zero-order valence-corrected chi connectivity index (χ0v) is 85.1. The van der Waals surface area contributed by atoms with Gasteiger partial charge < -0.3 is 15.3 Å². The fourth-order valence-corrected chi connectivity index (χ4v) is 14.0. The summed E-state index contributed by atoms with van der Waals surface area (Å²) in [6.07, 6.45) is 8.07. The van der Waals surface area contributed by atoms with E-state index in [1.807, 2.05) is 69.2 Å². The van der Waals surface area contributed by atoms with Crippen LogP contribution in [0.25, 0.3) is 99.9 Å². The van der Waals surface area contributed by atoms with Gasteiger partial charge in [0.15, 0.2) is 17.3 Å². The van der Waals surface area contributed by atoms with Gasteiger partial charge in [-0.05, 0) is 187 Å². The summed E-state index contributed by atoms with van der Waals surface area (Å²) in [5.74, 6) is 2.77. The van der Waals surface area contributed by atoms with Gasteiger partial charge in [-0.15, -0.1) is 105 Å². The van der Waals surface area contributed by atoms with Crippen LogP contribution >= 0.6 is 0 Å². The molecule has 12 aromatic rings. The molecule has 0 aliphatic rings. The van der Waals surface area contributed by atoms with Crippen LogP contribution in [0, 0.1) is 121 Å². The van der Waals surface area contributed by atoms with Crippen LogP contribution in [0.3, 0.4) is 0 Å². The first kappa shape index (κ1) is 106. The standard InChI is InChI=1S/3C28H28N.2C11H20O2.C5H8O2.3Ir/c3*1-18(2)12-24-17-28(25-14-20(4)13-21(5)15-25)29-27-11-10-23(16-26(24)27)22-8-6-19(3)7-9-22;1-10(2,3)8(12)7-9(13)11(4,5)6;1-8(2)5-10(12)7-11(13)6-9(3)4;1-4(6)3-5(2)7;;;/h3*6-11,13-14,16-18H,12H2,1-5H3;7,12H,1-6H3;7-9,12H,5-6H2,1-4H3;3,6H,1-2H3;;;/q3*-1;;;;;;/b;;;;10-7-;;;;. The van der Waals surface area contributed by atoms with E-state index in [9.17, 15) is 24.6 Å². The second kappa shape index (κ2) is 48.9. The van der Waals surface area contributed by atoms with Gasteiger partial charge in [0.2, 0.25) is 0 Å². The molecule has 9 aromatic carbocycles. The molecule has 0 amide bonds. The Morgan fingerprint density at radius 2 is 0.626 bits per heavy atom. The van der Waals surface area contributed by atoms with E-state index in [0.29, 0.717) is 42.4 Å². The van der Waals surface area contributed by atoms with E-state index in [4.69, 9.17) is 20.1 Å². The Balaban J connectivity index is 0.000000325. The second-order valence-electron chi connectivity index (χ2n) is 36.9. The van der Waals surface area contributed by atoms with Crippen LogP contribution in [-0.4, -0.2) is 47.6 Å². The molecule has 0 spiro atoms. The van der Waals surface area contributed by atoms with E-state index >= 15 is 0 Å². The van der Waals surface area contributed by atoms with E-state index in [1.165, 1.54) is 132 Å². The number of hydrogen-bond acceptors (Lipinski definition) is 9. The van der Waals surface area contributed by atoms with Gasteiger partial charge in [-0.1, -0.05) is 278 Å². The van der Waals surface area contributed by atoms with E-state index in [2.05, 4.69) is 304 Å². The first-order valence-corrected chi connectivity index (χ1v) is 42.6. The van der Waals surface area contributed by atoms with Crippen molar-refractivity contribution in [3.05, 3.63) is 302 Å². The number of hydrogen-bond donors (Lipinski definition) is 3. The molecular weight excluding hydrogens is 2050 g/mol. The monoisotopic (exact) mass is 2180 g/mol. The molecule has 3 aromatic heterocycles. The zero-order chi connectivity index (χ0) is 88.8. The van der Waals surface area contributed by atoms with Crippen molar-refractivity contribution in [2.24, 2.45) is 40.4 Å². The number of carbonyl (C=O) groups excluding carboxylic acids is 3. The molecule has 0 saturated heterocycles. The van der Waals surface area contributed by atoms with Crippen LogP contribution in [0.4, 0.5) is 0 Å². The van der Waals surface area contributed by atoms with Gasteiger partial charge >= 0.3 is 0 Å². The molecule has 3 radical (unpaired) electrons. The number of pyridine rings is 3. The van der Waals surface area contributed by atoms with Crippen molar-refractivity contribution in [1.29, 1.82) is 0 Å². The predicted octanol–water partition coefficient (Wildman–Crippen LogP) is 29.7. The van der Waals surface area contributed by atoms with Gasteiger partial charge in [-0.3, -0.25) is 29.3 Å². The molecule has 0 saturated carbocycles. The molecule has 9 nitrogen and oxygen atoms in total. The Bertz CT molecular complexity index is 5100. The molecule has 0 aliphatic carbocycles. The Kier molecular flexibility index (Phi) is 42.2. The molecule has 0 aliphatic heterocycles. The number of fused-ring (bicyclic) bond motifs is 3. The summed E-state index contributed by atoms with van der Waals surface area (Å²) >= 11 is 0. The number of rotatable bonds is 19. The van der Waals surface area contributed by atoms with Gasteiger partial charge in [0.1, 0.15) is 5.76 Å². The third-order valence-corrected chi connectivity index (χ3v) is 19.7. The molecule has 0 atom stereocenters. The fraction of sp³-hybridized carbons (Fsp3) is 0.351. The fourth-order valence-electron chi connectivity index (χ4n) is 14.0. The minimum Gasteiger partial charge on any atom is -0.512 e. The van der Waals surface area contributed by atoms with Crippen LogP contribution in [0.5, 0.6) is 0 Å². The van der Waals surface area contributed by atoms with Crippen LogP contribution in [0.1, 0.15) is 204 Å². The van der Waals surface area contributed by atoms with Gasteiger partial charge in [-0.25, -0.2) is 0 Å². The molecule has 0 bridgehead atoms. The molecule has 12 heteroatoms. The van der Waals surface area contributed by atoms with Crippen molar-refractivity contribution in [2.75, 3.05) is 0 Å². The first-order valence-electron chi connectivity index (χ1n) is 42.6. The van der Waals surface area contributed by atoms with E-state index in [-0.39, 0.29) is 100 Å². The smallest absolute Gasteiger partial charge is 0.164 e. The van der Waals surface area contributed by atoms with Crippen molar-refractivity contribution < 1.29 is 90.0 Å². The van der Waals surface area contributed by atoms with Gasteiger partial charge in [0.05, 0.1) is 28.1 Å². The maximum absolute atomic E-state index is 11.5. The minimum atomic E-state index is -0.417. The maximum atomic E-state index is 11.5. The summed E-state index contributed by atoms with van der Waals surface area (Å²) in [6, 6.07) is 76.5. The molecule has 3 N–H and O–H groups in total. The summed E-state index contributed by atoms with van der Waals surface area (Å²) < 4.78 is 0. The molecule has 0 unspecified atom stereocenters. The Labute approximate surface area is 777 Å². The number of aryl methyl sites for hydroxylation is 9. The van der Waals surface area contributed by atoms with Crippen molar-refractivity contribution in [3.63, 3.8) is 0 Å². The van der Waals surface area contributed by atoms with Crippen molar-refractivity contribution in [3.8, 4) is 67.2 Å². The van der Waals surface area contributed by atoms with E-state index in [0.717, 1.165) is 86.3 Å². The summed E-state index contributed by atoms with van der Waals surface area (Å²) in [5, 5.41) is 31.0. The molecule has 657 valence electrons. The number of benzene rings is 9. The largest absolute Gasteiger partial charge is 0.512 e. The van der Waals surface area contributed by atoms with Gasteiger partial charge in [0, 0.05) is 118 Å². The van der Waals surface area contributed by atoms with Crippen LogP contribution in [-0.2, 0) is 94.0 Å². The summed E-state index contributed by atoms with van der Waals surface area (Å²) in [4.78, 5) is 47.8. The van der Waals surface area contributed by atoms with E-state index in [1.54, 1.807) is 0 Å². The van der Waals surface area contributed by atoms with Crippen molar-refractivity contribution in [1.82, 2.24) is 15.0 Å². The van der Waals surface area contributed by atoms with E-state index < -0.39 is 5.41 Å². The van der Waals surface area contributed by atoms with Crippen molar-refractivity contribution >= 4 is 50.1 Å². The molecule has 123 heavy (non-hydrogen) atoms. The Morgan fingerprint density at radius 1 is 0.341 bits per heavy atom. The minimum absolute atomic E-state index is 0. The Hall–Kier alpha value is -9.21. The molecular formula is C111H132Ir3N3O6-3. The Morgan fingerprint density at radius 3 is 0.854 bits per heavy atom. The number of allylic oxidation sites excluding steroid dienone is 6. The normalized spacial score (nSPS) is 11.6. The van der Waals surface area contributed by atoms with Crippen molar-refractivity contribution in [2.45, 2.75) is 219 Å². The summed E-state index contributed by atoms with van der Waals surface area (Å²) in [7, 11) is 0. The number of aliphatic hydroxyl groups excluding tert-OH is 3. The zero-order valence-electron chi connectivity index (χ0n) is 77.9. The number of nitrogens with zero attached hydrogens (tertiary/aromatic N) is 3. The average molecular weight is 2180 g/mol. The average Bonchev–Trinajstić information content (AvgIpc) is 0.787. The first-order chi connectivity index (χ1) is 56.2. The predicted molar refractivity (Wildman–Crippen MR) is 509 cm³/mol. The van der Waals surface area contributed by atoms with Crippen LogP contribution < -0.4 is 0 Å². The molecule has 12 rings (SSSR count). The SMILES string of the molecule is CC(=O)C=C(C)O.CC(C)(C)C(=O)C=C(O)C(C)(C)C.CC(C)CC(=O)/C=C(\O)CC(C)C.Cc1[c-]c(-c2cc(CC(C)C)c3cc(-c4ccc(C)cc4)ccc3n2)cc(C)c1.Cc1[c-]c(-c2cc(CC(C)C)c3cc(-c4ccc(C)cc4)ccc3n2)cc(C)c1.Cc1[c-]c(-c2cc(CC(C)C)c3cc(-c4ccc(C)cc4)ccc3n2)cc(C)c1.[Ir].[Ir].[Ir]. The van der Waals surface area contributed by atoms with Gasteiger partial charge in [0.25, 0.3) is 0 Å². The summed E-state index contributed by atoms with van der Waals surface area (Å²) in [6.45, 7) is 54.7. The maximum Gasteiger partial charge on any atom is 0.164 e. The number of aromatic nitrogens is 3. The van der Waals surface area contributed by atoms with Gasteiger partial charge in [-0.2, -0.15) is 0 Å². The third kappa shape index (κ3) is 34.7. The third-order valence-electron chi connectivity index (χ3n) is 19.7. The quantitative estimate of drug-likeness (QED) is 0.0408. The number of carbonyl (C=O) groups is 3. The number of aliphatic hydroxyl groups is 3. The topological polar surface area (TPSA) is 151 Å². The molecule has 0 fully saturated rings.